The van der Waals surface area contributed by atoms with E-state index in [0.717, 1.165) is 5.25 Å². The molecule has 0 aliphatic carbocycles. The Bertz CT molecular complexity index is 323. The van der Waals surface area contributed by atoms with Gasteiger partial charge in [-0.15, -0.1) is 0 Å². The SMILES string of the molecule is CCC1CN(c2ccc(CN)cc2)CCS1. The van der Waals surface area contributed by atoms with Crippen molar-refractivity contribution in [2.24, 2.45) is 5.73 Å². The van der Waals surface area contributed by atoms with Crippen LogP contribution in [-0.2, 0) is 6.54 Å². The fourth-order valence-electron chi connectivity index (χ4n) is 2.04. The fraction of sp³-hybridized carbons (Fsp3) is 0.538. The van der Waals surface area contributed by atoms with Gasteiger partial charge in [0.15, 0.2) is 0 Å². The van der Waals surface area contributed by atoms with E-state index < -0.39 is 0 Å². The largest absolute Gasteiger partial charge is 0.370 e. The first-order valence-corrected chi connectivity index (χ1v) is 7.04. The number of hydrogen-bond donors (Lipinski definition) is 1. The minimum absolute atomic E-state index is 0.633. The van der Waals surface area contributed by atoms with E-state index in [1.807, 2.05) is 0 Å². The van der Waals surface area contributed by atoms with E-state index >= 15 is 0 Å². The molecule has 3 heteroatoms. The Kier molecular flexibility index (Phi) is 4.13. The molecule has 0 aromatic heterocycles. The molecule has 1 saturated heterocycles. The number of hydrogen-bond acceptors (Lipinski definition) is 3. The third-order valence-electron chi connectivity index (χ3n) is 3.13. The van der Waals surface area contributed by atoms with Crippen molar-refractivity contribution in [3.8, 4) is 0 Å². The van der Waals surface area contributed by atoms with E-state index in [4.69, 9.17) is 5.73 Å². The lowest BCUT2D eigenvalue weighted by atomic mass is 10.2. The fourth-order valence-corrected chi connectivity index (χ4v) is 3.22. The normalized spacial score (nSPS) is 21.1. The minimum atomic E-state index is 0.633. The number of benzene rings is 1. The van der Waals surface area contributed by atoms with Gasteiger partial charge in [0.2, 0.25) is 0 Å². The standard InChI is InChI=1S/C13H20N2S/c1-2-13-10-15(7-8-16-13)12-5-3-11(9-14)4-6-12/h3-6,13H,2,7-10,14H2,1H3. The predicted octanol–water partition coefficient (Wildman–Crippen LogP) is 2.48. The molecule has 1 fully saturated rings. The van der Waals surface area contributed by atoms with Gasteiger partial charge in [-0.3, -0.25) is 0 Å². The third kappa shape index (κ3) is 2.71. The Hall–Kier alpha value is -0.670. The highest BCUT2D eigenvalue weighted by atomic mass is 32.2. The molecule has 1 heterocycles. The van der Waals surface area contributed by atoms with E-state index in [1.54, 1.807) is 0 Å². The summed E-state index contributed by atoms with van der Waals surface area (Å²) in [5.41, 5.74) is 8.16. The predicted molar refractivity (Wildman–Crippen MR) is 73.1 cm³/mol. The molecule has 88 valence electrons. The molecule has 2 rings (SSSR count). The quantitative estimate of drug-likeness (QED) is 0.874. The molecule has 1 aliphatic rings. The average molecular weight is 236 g/mol. The van der Waals surface area contributed by atoms with Crippen LogP contribution in [0.5, 0.6) is 0 Å². The second-order valence-electron chi connectivity index (χ2n) is 4.22. The zero-order valence-corrected chi connectivity index (χ0v) is 10.7. The van der Waals surface area contributed by atoms with E-state index in [1.165, 1.54) is 36.5 Å². The highest BCUT2D eigenvalue weighted by Gasteiger charge is 2.18. The highest BCUT2D eigenvalue weighted by molar-refractivity contribution is 8.00. The summed E-state index contributed by atoms with van der Waals surface area (Å²) in [6.45, 7) is 5.26. The maximum absolute atomic E-state index is 5.60. The second-order valence-corrected chi connectivity index (χ2v) is 5.63. The molecule has 2 nitrogen and oxygen atoms in total. The molecule has 16 heavy (non-hydrogen) atoms. The number of thioether (sulfide) groups is 1. The van der Waals surface area contributed by atoms with Crippen molar-refractivity contribution in [3.63, 3.8) is 0 Å². The van der Waals surface area contributed by atoms with Gasteiger partial charge in [0.1, 0.15) is 0 Å². The van der Waals surface area contributed by atoms with Crippen LogP contribution in [0.4, 0.5) is 5.69 Å². The van der Waals surface area contributed by atoms with Gasteiger partial charge in [-0.2, -0.15) is 11.8 Å². The van der Waals surface area contributed by atoms with Crippen molar-refractivity contribution in [2.75, 3.05) is 23.7 Å². The van der Waals surface area contributed by atoms with E-state index in [9.17, 15) is 0 Å². The van der Waals surface area contributed by atoms with Crippen LogP contribution in [-0.4, -0.2) is 24.1 Å². The van der Waals surface area contributed by atoms with Crippen LogP contribution in [0.15, 0.2) is 24.3 Å². The van der Waals surface area contributed by atoms with Crippen molar-refractivity contribution in [2.45, 2.75) is 25.1 Å². The van der Waals surface area contributed by atoms with Gasteiger partial charge < -0.3 is 10.6 Å². The molecule has 0 radical (unpaired) electrons. The summed E-state index contributed by atoms with van der Waals surface area (Å²) in [5, 5.41) is 0.794. The second kappa shape index (κ2) is 5.60. The zero-order valence-electron chi connectivity index (χ0n) is 9.86. The molecular weight excluding hydrogens is 216 g/mol. The van der Waals surface area contributed by atoms with Gasteiger partial charge >= 0.3 is 0 Å². The van der Waals surface area contributed by atoms with Gasteiger partial charge in [0, 0.05) is 36.3 Å². The molecule has 2 N–H and O–H groups in total. The lowest BCUT2D eigenvalue weighted by molar-refractivity contribution is 0.728. The third-order valence-corrected chi connectivity index (χ3v) is 4.50. The van der Waals surface area contributed by atoms with Crippen molar-refractivity contribution >= 4 is 17.4 Å². The van der Waals surface area contributed by atoms with Gasteiger partial charge in [-0.05, 0) is 24.1 Å². The lowest BCUT2D eigenvalue weighted by Gasteiger charge is -2.33. The molecule has 1 aromatic carbocycles. The number of rotatable bonds is 3. The highest BCUT2D eigenvalue weighted by Crippen LogP contribution is 2.25. The van der Waals surface area contributed by atoms with E-state index in [0.29, 0.717) is 6.54 Å². The smallest absolute Gasteiger partial charge is 0.0367 e. The minimum Gasteiger partial charge on any atom is -0.370 e. The van der Waals surface area contributed by atoms with Crippen molar-refractivity contribution in [3.05, 3.63) is 29.8 Å². The first-order chi connectivity index (χ1) is 7.83. The molecule has 1 aliphatic heterocycles. The van der Waals surface area contributed by atoms with Crippen LogP contribution in [0.1, 0.15) is 18.9 Å². The molecule has 0 bridgehead atoms. The maximum Gasteiger partial charge on any atom is 0.0367 e. The van der Waals surface area contributed by atoms with Crippen LogP contribution in [0.2, 0.25) is 0 Å². The maximum atomic E-state index is 5.60. The number of nitrogens with zero attached hydrogens (tertiary/aromatic N) is 1. The van der Waals surface area contributed by atoms with Crippen molar-refractivity contribution < 1.29 is 0 Å². The zero-order chi connectivity index (χ0) is 11.4. The Labute approximate surface area is 102 Å². The summed E-state index contributed by atoms with van der Waals surface area (Å²) in [6, 6.07) is 8.67. The van der Waals surface area contributed by atoms with Gasteiger partial charge in [0.25, 0.3) is 0 Å². The number of anilines is 1. The van der Waals surface area contributed by atoms with Crippen molar-refractivity contribution in [1.29, 1.82) is 0 Å². The summed E-state index contributed by atoms with van der Waals surface area (Å²) >= 11 is 2.11. The Morgan fingerprint density at radius 2 is 2.12 bits per heavy atom. The molecule has 0 saturated carbocycles. The van der Waals surface area contributed by atoms with Crippen LogP contribution < -0.4 is 10.6 Å². The van der Waals surface area contributed by atoms with Crippen LogP contribution >= 0.6 is 11.8 Å². The van der Waals surface area contributed by atoms with Crippen LogP contribution in [0, 0.1) is 0 Å². The summed E-state index contributed by atoms with van der Waals surface area (Å²) in [7, 11) is 0. The van der Waals surface area contributed by atoms with E-state index in [2.05, 4.69) is 47.9 Å². The molecular formula is C13H20N2S. The summed E-state index contributed by atoms with van der Waals surface area (Å²) < 4.78 is 0. The lowest BCUT2D eigenvalue weighted by Crippen LogP contribution is -2.37. The molecule has 1 unspecified atom stereocenters. The first kappa shape index (κ1) is 11.8. The molecule has 1 atom stereocenters. The van der Waals surface area contributed by atoms with Crippen molar-refractivity contribution in [1.82, 2.24) is 0 Å². The average Bonchev–Trinajstić information content (AvgIpc) is 2.39. The van der Waals surface area contributed by atoms with Gasteiger partial charge in [-0.25, -0.2) is 0 Å². The first-order valence-electron chi connectivity index (χ1n) is 5.99. The van der Waals surface area contributed by atoms with Gasteiger partial charge in [-0.1, -0.05) is 19.1 Å². The van der Waals surface area contributed by atoms with Crippen LogP contribution in [0.25, 0.3) is 0 Å². The Morgan fingerprint density at radius 3 is 2.75 bits per heavy atom. The topological polar surface area (TPSA) is 29.3 Å². The Morgan fingerprint density at radius 1 is 1.38 bits per heavy atom. The van der Waals surface area contributed by atoms with Crippen LogP contribution in [0.3, 0.4) is 0 Å². The van der Waals surface area contributed by atoms with Gasteiger partial charge in [0.05, 0.1) is 0 Å². The number of nitrogens with two attached hydrogens (primary N) is 1. The Balaban J connectivity index is 2.05. The summed E-state index contributed by atoms with van der Waals surface area (Å²) in [4.78, 5) is 2.49. The summed E-state index contributed by atoms with van der Waals surface area (Å²) in [5.74, 6) is 1.25. The molecule has 0 amide bonds. The molecule has 0 spiro atoms. The molecule has 1 aromatic rings. The summed E-state index contributed by atoms with van der Waals surface area (Å²) in [6.07, 6.45) is 1.27. The monoisotopic (exact) mass is 236 g/mol. The van der Waals surface area contributed by atoms with E-state index in [-0.39, 0.29) is 0 Å².